The summed E-state index contributed by atoms with van der Waals surface area (Å²) in [7, 11) is 0. The quantitative estimate of drug-likeness (QED) is 0.666. The van der Waals surface area contributed by atoms with Gasteiger partial charge in [0.15, 0.2) is 0 Å². The summed E-state index contributed by atoms with van der Waals surface area (Å²) in [5, 5.41) is 0.791. The molecule has 0 saturated heterocycles. The lowest BCUT2D eigenvalue weighted by molar-refractivity contribution is 0.358. The van der Waals surface area contributed by atoms with E-state index in [0.29, 0.717) is 5.92 Å². The molecule has 0 saturated carbocycles. The molecule has 0 bridgehead atoms. The lowest BCUT2D eigenvalue weighted by Crippen LogP contribution is -2.19. The summed E-state index contributed by atoms with van der Waals surface area (Å²) in [6.07, 6.45) is 0. The van der Waals surface area contributed by atoms with E-state index in [2.05, 4.69) is 63.2 Å². The minimum atomic E-state index is 0.176. The molecule has 0 fully saturated rings. The fourth-order valence-electron chi connectivity index (χ4n) is 2.49. The Morgan fingerprint density at radius 1 is 0.778 bits per heavy atom. The smallest absolute Gasteiger partial charge is 0.0406 e. The molecule has 0 amide bonds. The van der Waals surface area contributed by atoms with Crippen LogP contribution in [0, 0.1) is 5.41 Å². The molecule has 18 heavy (non-hydrogen) atoms. The van der Waals surface area contributed by atoms with E-state index in [1.807, 2.05) is 12.1 Å². The van der Waals surface area contributed by atoms with E-state index in [4.69, 9.17) is 11.6 Å². The molecule has 0 N–H and O–H groups in total. The highest BCUT2D eigenvalue weighted by Gasteiger charge is 2.27. The van der Waals surface area contributed by atoms with Crippen molar-refractivity contribution in [3.05, 3.63) is 70.7 Å². The third kappa shape index (κ3) is 2.94. The SMILES string of the molecule is CC(C)(C)[C@H](c1ccccc1)c1ccc(Cl)cc1. The van der Waals surface area contributed by atoms with Crippen molar-refractivity contribution < 1.29 is 0 Å². The van der Waals surface area contributed by atoms with E-state index in [1.165, 1.54) is 11.1 Å². The van der Waals surface area contributed by atoms with Gasteiger partial charge in [-0.2, -0.15) is 0 Å². The zero-order chi connectivity index (χ0) is 13.2. The first kappa shape index (κ1) is 13.2. The van der Waals surface area contributed by atoms with Gasteiger partial charge in [0.05, 0.1) is 0 Å². The minimum Gasteiger partial charge on any atom is -0.0843 e. The maximum Gasteiger partial charge on any atom is 0.0406 e. The molecule has 0 spiro atoms. The lowest BCUT2D eigenvalue weighted by Gasteiger charge is -2.31. The van der Waals surface area contributed by atoms with Crippen molar-refractivity contribution in [2.45, 2.75) is 26.7 Å². The van der Waals surface area contributed by atoms with E-state index in [1.54, 1.807) is 0 Å². The number of halogens is 1. The molecule has 2 rings (SSSR count). The molecule has 94 valence electrons. The summed E-state index contributed by atoms with van der Waals surface area (Å²) in [5.74, 6) is 0.385. The van der Waals surface area contributed by atoms with Crippen molar-refractivity contribution in [1.29, 1.82) is 0 Å². The fourth-order valence-corrected chi connectivity index (χ4v) is 2.62. The van der Waals surface area contributed by atoms with Crippen LogP contribution in [0.25, 0.3) is 0 Å². The molecule has 0 unspecified atom stereocenters. The highest BCUT2D eigenvalue weighted by atomic mass is 35.5. The van der Waals surface area contributed by atoms with Gasteiger partial charge in [-0.05, 0) is 28.7 Å². The zero-order valence-electron chi connectivity index (χ0n) is 11.2. The first-order valence-electron chi connectivity index (χ1n) is 6.29. The molecule has 0 nitrogen and oxygen atoms in total. The first-order valence-corrected chi connectivity index (χ1v) is 6.67. The van der Waals surface area contributed by atoms with Crippen molar-refractivity contribution >= 4 is 11.6 Å². The molecule has 0 aliphatic carbocycles. The molecule has 0 aliphatic rings. The van der Waals surface area contributed by atoms with Crippen molar-refractivity contribution in [3.8, 4) is 0 Å². The summed E-state index contributed by atoms with van der Waals surface area (Å²) in [4.78, 5) is 0. The van der Waals surface area contributed by atoms with Gasteiger partial charge in [0.1, 0.15) is 0 Å². The molecule has 0 heterocycles. The van der Waals surface area contributed by atoms with Gasteiger partial charge >= 0.3 is 0 Å². The molecular formula is C17H19Cl. The highest BCUT2D eigenvalue weighted by Crippen LogP contribution is 2.40. The van der Waals surface area contributed by atoms with E-state index in [9.17, 15) is 0 Å². The Bertz CT molecular complexity index is 491. The van der Waals surface area contributed by atoms with Crippen LogP contribution in [0.2, 0.25) is 5.02 Å². The van der Waals surface area contributed by atoms with E-state index in [0.717, 1.165) is 5.02 Å². The monoisotopic (exact) mass is 258 g/mol. The maximum atomic E-state index is 5.98. The molecule has 2 aromatic carbocycles. The normalized spacial score (nSPS) is 13.3. The molecule has 0 radical (unpaired) electrons. The van der Waals surface area contributed by atoms with Gasteiger partial charge in [-0.15, -0.1) is 0 Å². The van der Waals surface area contributed by atoms with Crippen molar-refractivity contribution in [1.82, 2.24) is 0 Å². The standard InChI is InChI=1S/C17H19Cl/c1-17(2,3)16(13-7-5-4-6-8-13)14-9-11-15(18)12-10-14/h4-12,16H,1-3H3/t16-/m1/s1. The van der Waals surface area contributed by atoms with Crippen LogP contribution >= 0.6 is 11.6 Å². The molecular weight excluding hydrogens is 240 g/mol. The van der Waals surface area contributed by atoms with E-state index in [-0.39, 0.29) is 5.41 Å². The second kappa shape index (κ2) is 5.16. The van der Waals surface area contributed by atoms with Crippen LogP contribution in [0.5, 0.6) is 0 Å². The molecule has 0 aromatic heterocycles. The van der Waals surface area contributed by atoms with Gasteiger partial charge in [-0.3, -0.25) is 0 Å². The molecule has 2 aromatic rings. The predicted octanol–water partition coefficient (Wildman–Crippen LogP) is 5.52. The van der Waals surface area contributed by atoms with Gasteiger partial charge in [0, 0.05) is 10.9 Å². The predicted molar refractivity (Wildman–Crippen MR) is 79.2 cm³/mol. The van der Waals surface area contributed by atoms with Crippen LogP contribution in [-0.4, -0.2) is 0 Å². The van der Waals surface area contributed by atoms with Crippen LogP contribution in [0.4, 0.5) is 0 Å². The maximum absolute atomic E-state index is 5.98. The summed E-state index contributed by atoms with van der Waals surface area (Å²) >= 11 is 5.98. The van der Waals surface area contributed by atoms with E-state index >= 15 is 0 Å². The van der Waals surface area contributed by atoms with Gasteiger partial charge < -0.3 is 0 Å². The van der Waals surface area contributed by atoms with Crippen LogP contribution in [0.1, 0.15) is 37.8 Å². The van der Waals surface area contributed by atoms with Crippen molar-refractivity contribution in [3.63, 3.8) is 0 Å². The third-order valence-electron chi connectivity index (χ3n) is 3.20. The van der Waals surface area contributed by atoms with Crippen LogP contribution in [-0.2, 0) is 0 Å². The number of hydrogen-bond donors (Lipinski definition) is 0. The fraction of sp³-hybridized carbons (Fsp3) is 0.294. The Morgan fingerprint density at radius 3 is 1.78 bits per heavy atom. The zero-order valence-corrected chi connectivity index (χ0v) is 11.9. The summed E-state index contributed by atoms with van der Waals surface area (Å²) in [6.45, 7) is 6.83. The Hall–Kier alpha value is -1.27. The second-order valence-electron chi connectivity index (χ2n) is 5.76. The van der Waals surface area contributed by atoms with Crippen LogP contribution in [0.3, 0.4) is 0 Å². The van der Waals surface area contributed by atoms with Gasteiger partial charge in [-0.25, -0.2) is 0 Å². The van der Waals surface area contributed by atoms with Gasteiger partial charge in [-0.1, -0.05) is 74.8 Å². The Balaban J connectivity index is 2.47. The number of rotatable bonds is 2. The Labute approximate surface area is 115 Å². The molecule has 1 heteroatoms. The summed E-state index contributed by atoms with van der Waals surface area (Å²) in [5.41, 5.74) is 2.85. The molecule has 0 aliphatic heterocycles. The summed E-state index contributed by atoms with van der Waals surface area (Å²) in [6, 6.07) is 18.9. The Kier molecular flexibility index (Phi) is 3.77. The molecule has 1 atom stereocenters. The largest absolute Gasteiger partial charge is 0.0843 e. The second-order valence-corrected chi connectivity index (χ2v) is 6.20. The number of benzene rings is 2. The highest BCUT2D eigenvalue weighted by molar-refractivity contribution is 6.30. The minimum absolute atomic E-state index is 0.176. The van der Waals surface area contributed by atoms with Gasteiger partial charge in [0.25, 0.3) is 0 Å². The Morgan fingerprint density at radius 2 is 1.28 bits per heavy atom. The van der Waals surface area contributed by atoms with Crippen molar-refractivity contribution in [2.75, 3.05) is 0 Å². The van der Waals surface area contributed by atoms with Crippen molar-refractivity contribution in [2.24, 2.45) is 5.41 Å². The van der Waals surface area contributed by atoms with Crippen LogP contribution < -0.4 is 0 Å². The first-order chi connectivity index (χ1) is 8.48. The lowest BCUT2D eigenvalue weighted by atomic mass is 9.73. The average molecular weight is 259 g/mol. The number of hydrogen-bond acceptors (Lipinski definition) is 0. The topological polar surface area (TPSA) is 0 Å². The van der Waals surface area contributed by atoms with Crippen LogP contribution in [0.15, 0.2) is 54.6 Å². The summed E-state index contributed by atoms with van der Waals surface area (Å²) < 4.78 is 0. The average Bonchev–Trinajstić information content (AvgIpc) is 2.32. The van der Waals surface area contributed by atoms with E-state index < -0.39 is 0 Å². The van der Waals surface area contributed by atoms with Gasteiger partial charge in [0.2, 0.25) is 0 Å². The third-order valence-corrected chi connectivity index (χ3v) is 3.45.